The molecule has 3 aromatic rings. The molecule has 0 amide bonds. The summed E-state index contributed by atoms with van der Waals surface area (Å²) in [5, 5.41) is 0. The first-order valence-corrected chi connectivity index (χ1v) is 8.11. The van der Waals surface area contributed by atoms with Gasteiger partial charge in [0, 0.05) is 6.42 Å². The SMILES string of the molecule is Cc1ccc(OC(=O)CCc2ncc(-c3c(F)cccc3F)o2)c(C)c1. The first kappa shape index (κ1) is 17.8. The van der Waals surface area contributed by atoms with Gasteiger partial charge in [-0.05, 0) is 37.6 Å². The van der Waals surface area contributed by atoms with E-state index in [1.807, 2.05) is 26.0 Å². The van der Waals surface area contributed by atoms with E-state index in [-0.39, 0.29) is 30.1 Å². The van der Waals surface area contributed by atoms with E-state index in [0.29, 0.717) is 5.75 Å². The molecule has 0 fully saturated rings. The minimum Gasteiger partial charge on any atom is -0.441 e. The van der Waals surface area contributed by atoms with Crippen molar-refractivity contribution in [3.8, 4) is 17.1 Å². The third-order valence-electron chi connectivity index (χ3n) is 3.86. The third-order valence-corrected chi connectivity index (χ3v) is 3.86. The lowest BCUT2D eigenvalue weighted by molar-refractivity contribution is -0.134. The molecule has 0 aliphatic rings. The van der Waals surface area contributed by atoms with Crippen LogP contribution in [0.5, 0.6) is 5.75 Å². The lowest BCUT2D eigenvalue weighted by atomic mass is 10.1. The molecule has 1 heterocycles. The van der Waals surface area contributed by atoms with Gasteiger partial charge >= 0.3 is 5.97 Å². The van der Waals surface area contributed by atoms with Gasteiger partial charge in [-0.1, -0.05) is 23.8 Å². The molecule has 0 saturated carbocycles. The quantitative estimate of drug-likeness (QED) is 0.487. The molecule has 134 valence electrons. The first-order chi connectivity index (χ1) is 12.4. The maximum Gasteiger partial charge on any atom is 0.311 e. The number of hydrogen-bond acceptors (Lipinski definition) is 4. The Morgan fingerprint density at radius 1 is 1.15 bits per heavy atom. The number of aromatic nitrogens is 1. The number of hydrogen-bond donors (Lipinski definition) is 0. The van der Waals surface area contributed by atoms with Gasteiger partial charge in [-0.15, -0.1) is 0 Å². The summed E-state index contributed by atoms with van der Waals surface area (Å²) in [6.07, 6.45) is 1.44. The zero-order chi connectivity index (χ0) is 18.7. The van der Waals surface area contributed by atoms with Gasteiger partial charge in [-0.25, -0.2) is 13.8 Å². The van der Waals surface area contributed by atoms with Crippen LogP contribution in [0.2, 0.25) is 0 Å². The van der Waals surface area contributed by atoms with Gasteiger partial charge in [0.1, 0.15) is 17.4 Å². The maximum atomic E-state index is 13.8. The number of carbonyl (C=O) groups excluding carboxylic acids is 1. The number of carbonyl (C=O) groups is 1. The number of aryl methyl sites for hydroxylation is 3. The van der Waals surface area contributed by atoms with Crippen molar-refractivity contribution in [2.24, 2.45) is 0 Å². The lowest BCUT2D eigenvalue weighted by Gasteiger charge is -2.07. The van der Waals surface area contributed by atoms with E-state index in [1.54, 1.807) is 6.07 Å². The standard InChI is InChI=1S/C20H17F2NO3/c1-12-6-7-16(13(2)10-12)26-19(24)9-8-18-23-11-17(25-18)20-14(21)4-3-5-15(20)22/h3-7,10-11H,8-9H2,1-2H3. The van der Waals surface area contributed by atoms with Crippen molar-refractivity contribution in [1.29, 1.82) is 0 Å². The van der Waals surface area contributed by atoms with Crippen LogP contribution in [0.25, 0.3) is 11.3 Å². The van der Waals surface area contributed by atoms with E-state index in [1.165, 1.54) is 12.3 Å². The average molecular weight is 357 g/mol. The highest BCUT2D eigenvalue weighted by atomic mass is 19.1. The van der Waals surface area contributed by atoms with Crippen LogP contribution < -0.4 is 4.74 Å². The second kappa shape index (κ2) is 7.47. The predicted octanol–water partition coefficient (Wildman–Crippen LogP) is 4.77. The van der Waals surface area contributed by atoms with Crippen LogP contribution in [0.3, 0.4) is 0 Å². The van der Waals surface area contributed by atoms with Crippen molar-refractivity contribution < 1.29 is 22.7 Å². The van der Waals surface area contributed by atoms with E-state index in [9.17, 15) is 13.6 Å². The fourth-order valence-corrected chi connectivity index (χ4v) is 2.57. The second-order valence-electron chi connectivity index (χ2n) is 5.96. The van der Waals surface area contributed by atoms with Gasteiger partial charge in [0.15, 0.2) is 11.7 Å². The smallest absolute Gasteiger partial charge is 0.311 e. The van der Waals surface area contributed by atoms with E-state index in [4.69, 9.17) is 9.15 Å². The topological polar surface area (TPSA) is 52.3 Å². The highest BCUT2D eigenvalue weighted by Crippen LogP contribution is 2.27. The summed E-state index contributed by atoms with van der Waals surface area (Å²) in [5.74, 6) is -1.21. The Morgan fingerprint density at radius 3 is 2.58 bits per heavy atom. The van der Waals surface area contributed by atoms with Crippen LogP contribution in [0.4, 0.5) is 8.78 Å². The molecule has 0 unspecified atom stereocenters. The minimum atomic E-state index is -0.734. The van der Waals surface area contributed by atoms with Gasteiger partial charge in [0.25, 0.3) is 0 Å². The van der Waals surface area contributed by atoms with E-state index in [0.717, 1.165) is 23.3 Å². The average Bonchev–Trinajstić information content (AvgIpc) is 3.04. The van der Waals surface area contributed by atoms with Gasteiger partial charge in [-0.3, -0.25) is 4.79 Å². The Balaban J connectivity index is 1.64. The van der Waals surface area contributed by atoms with E-state index < -0.39 is 17.6 Å². The van der Waals surface area contributed by atoms with E-state index in [2.05, 4.69) is 4.98 Å². The summed E-state index contributed by atoms with van der Waals surface area (Å²) in [5.41, 5.74) is 1.67. The molecule has 1 aromatic heterocycles. The zero-order valence-corrected chi connectivity index (χ0v) is 14.4. The molecule has 2 aromatic carbocycles. The number of esters is 1. The Labute approximate surface area is 149 Å². The monoisotopic (exact) mass is 357 g/mol. The van der Waals surface area contributed by atoms with Gasteiger partial charge in [0.2, 0.25) is 0 Å². The molecule has 0 atom stereocenters. The molecule has 0 bridgehead atoms. The number of benzene rings is 2. The molecule has 0 aliphatic heterocycles. The van der Waals surface area contributed by atoms with Crippen molar-refractivity contribution in [3.05, 3.63) is 71.2 Å². The first-order valence-electron chi connectivity index (χ1n) is 8.11. The van der Waals surface area contributed by atoms with Crippen LogP contribution in [0.15, 0.2) is 47.0 Å². The van der Waals surface area contributed by atoms with Crippen LogP contribution in [0, 0.1) is 25.5 Å². The maximum absolute atomic E-state index is 13.8. The van der Waals surface area contributed by atoms with Crippen LogP contribution in [0.1, 0.15) is 23.4 Å². The zero-order valence-electron chi connectivity index (χ0n) is 14.4. The summed E-state index contributed by atoms with van der Waals surface area (Å²) in [6, 6.07) is 9.08. The fourth-order valence-electron chi connectivity index (χ4n) is 2.57. The van der Waals surface area contributed by atoms with Crippen molar-refractivity contribution in [2.45, 2.75) is 26.7 Å². The largest absolute Gasteiger partial charge is 0.441 e. The summed E-state index contributed by atoms with van der Waals surface area (Å²) in [6.45, 7) is 3.82. The Morgan fingerprint density at radius 2 is 1.88 bits per heavy atom. The van der Waals surface area contributed by atoms with Crippen molar-refractivity contribution in [3.63, 3.8) is 0 Å². The van der Waals surface area contributed by atoms with Gasteiger partial charge < -0.3 is 9.15 Å². The molecule has 0 N–H and O–H groups in total. The van der Waals surface area contributed by atoms with E-state index >= 15 is 0 Å². The molecule has 26 heavy (non-hydrogen) atoms. The fraction of sp³-hybridized carbons (Fsp3) is 0.200. The van der Waals surface area contributed by atoms with Crippen molar-refractivity contribution in [2.75, 3.05) is 0 Å². The second-order valence-corrected chi connectivity index (χ2v) is 5.96. The molecule has 0 radical (unpaired) electrons. The Kier molecular flexibility index (Phi) is 5.11. The number of rotatable bonds is 5. The van der Waals surface area contributed by atoms with Crippen LogP contribution in [-0.2, 0) is 11.2 Å². The summed E-state index contributed by atoms with van der Waals surface area (Å²) in [7, 11) is 0. The lowest BCUT2D eigenvalue weighted by Crippen LogP contribution is -2.10. The Hall–Kier alpha value is -3.02. The van der Waals surface area contributed by atoms with Crippen LogP contribution in [-0.4, -0.2) is 11.0 Å². The molecular weight excluding hydrogens is 340 g/mol. The normalized spacial score (nSPS) is 10.8. The van der Waals surface area contributed by atoms with Crippen LogP contribution >= 0.6 is 0 Å². The molecular formula is C20H17F2NO3. The summed E-state index contributed by atoms with van der Waals surface area (Å²) < 4.78 is 38.2. The highest BCUT2D eigenvalue weighted by Gasteiger charge is 2.16. The predicted molar refractivity (Wildman–Crippen MR) is 91.7 cm³/mol. The number of oxazole rings is 1. The Bertz CT molecular complexity index is 930. The van der Waals surface area contributed by atoms with Gasteiger partial charge in [0.05, 0.1) is 18.2 Å². The third kappa shape index (κ3) is 3.96. The minimum absolute atomic E-state index is 0.0154. The summed E-state index contributed by atoms with van der Waals surface area (Å²) >= 11 is 0. The molecule has 0 spiro atoms. The number of nitrogens with zero attached hydrogens (tertiary/aromatic N) is 1. The van der Waals surface area contributed by atoms with Gasteiger partial charge in [-0.2, -0.15) is 0 Å². The molecule has 0 aliphatic carbocycles. The molecule has 6 heteroatoms. The molecule has 3 rings (SSSR count). The number of ether oxygens (including phenoxy) is 1. The molecule has 0 saturated heterocycles. The summed E-state index contributed by atoms with van der Waals surface area (Å²) in [4.78, 5) is 16.0. The van der Waals surface area contributed by atoms with Crippen molar-refractivity contribution in [1.82, 2.24) is 4.98 Å². The van der Waals surface area contributed by atoms with Crippen molar-refractivity contribution >= 4 is 5.97 Å². The molecule has 4 nitrogen and oxygen atoms in total. The number of halogens is 2. The highest BCUT2D eigenvalue weighted by molar-refractivity contribution is 5.73.